The third-order valence-electron chi connectivity index (χ3n) is 2.73. The molecule has 1 rings (SSSR count). The summed E-state index contributed by atoms with van der Waals surface area (Å²) in [5, 5.41) is 3.22. The van der Waals surface area contributed by atoms with Crippen molar-refractivity contribution in [2.45, 2.75) is 13.0 Å². The summed E-state index contributed by atoms with van der Waals surface area (Å²) in [5.74, 6) is 0.837. The van der Waals surface area contributed by atoms with E-state index >= 15 is 0 Å². The molecular formula is C13H22N2O3S. The Balaban J connectivity index is 2.20. The molecule has 1 N–H and O–H groups in total. The van der Waals surface area contributed by atoms with E-state index in [4.69, 9.17) is 4.74 Å². The van der Waals surface area contributed by atoms with Gasteiger partial charge in [0.1, 0.15) is 12.4 Å². The molecule has 1 aromatic carbocycles. The Labute approximate surface area is 115 Å². The van der Waals surface area contributed by atoms with Crippen LogP contribution in [0.2, 0.25) is 0 Å². The lowest BCUT2D eigenvalue weighted by atomic mass is 10.3. The third kappa shape index (κ3) is 6.56. The molecule has 0 saturated carbocycles. The van der Waals surface area contributed by atoms with E-state index in [0.29, 0.717) is 19.7 Å². The highest BCUT2D eigenvalue weighted by Gasteiger charge is 2.10. The lowest BCUT2D eigenvalue weighted by molar-refractivity contribution is 0.271. The van der Waals surface area contributed by atoms with Gasteiger partial charge in [-0.2, -0.15) is 0 Å². The predicted molar refractivity (Wildman–Crippen MR) is 76.9 cm³/mol. The molecule has 0 aliphatic carbocycles. The summed E-state index contributed by atoms with van der Waals surface area (Å²) in [4.78, 5) is 0. The van der Waals surface area contributed by atoms with Crippen molar-refractivity contribution in [1.29, 1.82) is 0 Å². The van der Waals surface area contributed by atoms with Gasteiger partial charge >= 0.3 is 0 Å². The molecule has 0 saturated heterocycles. The SMILES string of the molecule is CC(COc1ccccc1)NCCN(C)S(C)(=O)=O. The van der Waals surface area contributed by atoms with Gasteiger partial charge in [-0.15, -0.1) is 0 Å². The van der Waals surface area contributed by atoms with Crippen molar-refractivity contribution in [3.05, 3.63) is 30.3 Å². The summed E-state index contributed by atoms with van der Waals surface area (Å²) in [7, 11) is -1.52. The number of likely N-dealkylation sites (N-methyl/N-ethyl adjacent to an activating group) is 1. The van der Waals surface area contributed by atoms with E-state index in [1.165, 1.54) is 10.6 Å². The van der Waals surface area contributed by atoms with Gasteiger partial charge in [0.2, 0.25) is 10.0 Å². The highest BCUT2D eigenvalue weighted by Crippen LogP contribution is 2.08. The average molecular weight is 286 g/mol. The zero-order valence-corrected chi connectivity index (χ0v) is 12.5. The van der Waals surface area contributed by atoms with Crippen LogP contribution in [-0.4, -0.2) is 51.8 Å². The monoisotopic (exact) mass is 286 g/mol. The van der Waals surface area contributed by atoms with E-state index < -0.39 is 10.0 Å². The van der Waals surface area contributed by atoms with E-state index in [1.807, 2.05) is 37.3 Å². The molecule has 1 unspecified atom stereocenters. The molecule has 0 aromatic heterocycles. The maximum atomic E-state index is 11.2. The van der Waals surface area contributed by atoms with Gasteiger partial charge in [-0.25, -0.2) is 12.7 Å². The average Bonchev–Trinajstić information content (AvgIpc) is 2.36. The zero-order chi connectivity index (χ0) is 14.3. The lowest BCUT2D eigenvalue weighted by Crippen LogP contribution is -2.38. The van der Waals surface area contributed by atoms with E-state index in [9.17, 15) is 8.42 Å². The van der Waals surface area contributed by atoms with Gasteiger partial charge in [0.05, 0.1) is 6.26 Å². The van der Waals surface area contributed by atoms with Gasteiger partial charge < -0.3 is 10.1 Å². The van der Waals surface area contributed by atoms with Crippen LogP contribution in [-0.2, 0) is 10.0 Å². The Morgan fingerprint density at radius 3 is 2.53 bits per heavy atom. The molecule has 1 atom stereocenters. The third-order valence-corrected chi connectivity index (χ3v) is 4.04. The van der Waals surface area contributed by atoms with Crippen LogP contribution in [0.1, 0.15) is 6.92 Å². The van der Waals surface area contributed by atoms with Gasteiger partial charge in [0, 0.05) is 26.2 Å². The number of para-hydroxylation sites is 1. The molecule has 5 nitrogen and oxygen atoms in total. The summed E-state index contributed by atoms with van der Waals surface area (Å²) in [6.07, 6.45) is 1.20. The van der Waals surface area contributed by atoms with Crippen molar-refractivity contribution < 1.29 is 13.2 Å². The van der Waals surface area contributed by atoms with Crippen molar-refractivity contribution in [3.8, 4) is 5.75 Å². The smallest absolute Gasteiger partial charge is 0.210 e. The highest BCUT2D eigenvalue weighted by atomic mass is 32.2. The van der Waals surface area contributed by atoms with Crippen LogP contribution in [0.3, 0.4) is 0 Å². The van der Waals surface area contributed by atoms with E-state index in [2.05, 4.69) is 5.32 Å². The molecule has 19 heavy (non-hydrogen) atoms. The number of rotatable bonds is 8. The fourth-order valence-electron chi connectivity index (χ4n) is 1.43. The van der Waals surface area contributed by atoms with Crippen molar-refractivity contribution in [3.63, 3.8) is 0 Å². The summed E-state index contributed by atoms with van der Waals surface area (Å²) in [6, 6.07) is 9.76. The number of benzene rings is 1. The normalized spacial score (nSPS) is 13.5. The van der Waals surface area contributed by atoms with Crippen molar-refractivity contribution in [1.82, 2.24) is 9.62 Å². The summed E-state index contributed by atoms with van der Waals surface area (Å²) >= 11 is 0. The predicted octanol–water partition coefficient (Wildman–Crippen LogP) is 0.935. The summed E-state index contributed by atoms with van der Waals surface area (Å²) in [6.45, 7) is 3.60. The minimum absolute atomic E-state index is 0.160. The Bertz CT molecular complexity index is 462. The van der Waals surface area contributed by atoms with E-state index in [-0.39, 0.29) is 6.04 Å². The zero-order valence-electron chi connectivity index (χ0n) is 11.7. The minimum atomic E-state index is -3.09. The lowest BCUT2D eigenvalue weighted by Gasteiger charge is -2.18. The molecule has 0 bridgehead atoms. The standard InChI is InChI=1S/C13H22N2O3S/c1-12(11-18-13-7-5-4-6-8-13)14-9-10-15(2)19(3,16)17/h4-8,12,14H,9-11H2,1-3H3. The Morgan fingerprint density at radius 1 is 1.32 bits per heavy atom. The van der Waals surface area contributed by atoms with Crippen molar-refractivity contribution >= 4 is 10.0 Å². The second-order valence-electron chi connectivity index (χ2n) is 4.56. The molecule has 0 spiro atoms. The molecule has 6 heteroatoms. The van der Waals surface area contributed by atoms with Crippen LogP contribution < -0.4 is 10.1 Å². The fourth-order valence-corrected chi connectivity index (χ4v) is 1.85. The molecule has 0 heterocycles. The van der Waals surface area contributed by atoms with Gasteiger partial charge in [0.15, 0.2) is 0 Å². The Hall–Kier alpha value is -1.11. The van der Waals surface area contributed by atoms with Gasteiger partial charge in [-0.1, -0.05) is 18.2 Å². The highest BCUT2D eigenvalue weighted by molar-refractivity contribution is 7.88. The quantitative estimate of drug-likeness (QED) is 0.772. The van der Waals surface area contributed by atoms with Gasteiger partial charge in [-0.05, 0) is 19.1 Å². The van der Waals surface area contributed by atoms with Crippen LogP contribution in [0.25, 0.3) is 0 Å². The van der Waals surface area contributed by atoms with E-state index in [0.717, 1.165) is 5.75 Å². The molecule has 0 fully saturated rings. The van der Waals surface area contributed by atoms with Crippen molar-refractivity contribution in [2.75, 3.05) is 33.0 Å². The Morgan fingerprint density at radius 2 is 1.95 bits per heavy atom. The van der Waals surface area contributed by atoms with Gasteiger partial charge in [-0.3, -0.25) is 0 Å². The van der Waals surface area contributed by atoms with Gasteiger partial charge in [0.25, 0.3) is 0 Å². The number of sulfonamides is 1. The van der Waals surface area contributed by atoms with Crippen LogP contribution in [0, 0.1) is 0 Å². The van der Waals surface area contributed by atoms with Crippen LogP contribution >= 0.6 is 0 Å². The second-order valence-corrected chi connectivity index (χ2v) is 6.65. The Kier molecular flexibility index (Phi) is 6.27. The van der Waals surface area contributed by atoms with Crippen LogP contribution in [0.5, 0.6) is 5.75 Å². The molecule has 0 aliphatic heterocycles. The number of nitrogens with one attached hydrogen (secondary N) is 1. The number of nitrogens with zero attached hydrogens (tertiary/aromatic N) is 1. The molecular weight excluding hydrogens is 264 g/mol. The molecule has 0 aliphatic rings. The first-order valence-corrected chi connectivity index (χ1v) is 8.07. The maximum Gasteiger partial charge on any atom is 0.210 e. The molecule has 0 radical (unpaired) electrons. The van der Waals surface area contributed by atoms with Crippen LogP contribution in [0.4, 0.5) is 0 Å². The first kappa shape index (κ1) is 15.9. The molecule has 108 valence electrons. The number of hydrogen-bond acceptors (Lipinski definition) is 4. The number of ether oxygens (including phenoxy) is 1. The maximum absolute atomic E-state index is 11.2. The first-order valence-electron chi connectivity index (χ1n) is 6.22. The van der Waals surface area contributed by atoms with E-state index in [1.54, 1.807) is 7.05 Å². The molecule has 1 aromatic rings. The van der Waals surface area contributed by atoms with Crippen molar-refractivity contribution in [2.24, 2.45) is 0 Å². The number of hydrogen-bond donors (Lipinski definition) is 1. The van der Waals surface area contributed by atoms with Crippen LogP contribution in [0.15, 0.2) is 30.3 Å². The minimum Gasteiger partial charge on any atom is -0.492 e. The first-order chi connectivity index (χ1) is 8.89. The largest absolute Gasteiger partial charge is 0.492 e. The topological polar surface area (TPSA) is 58.6 Å². The fraction of sp³-hybridized carbons (Fsp3) is 0.538. The molecule has 0 amide bonds. The summed E-state index contributed by atoms with van der Waals surface area (Å²) < 4.78 is 29.3. The summed E-state index contributed by atoms with van der Waals surface area (Å²) in [5.41, 5.74) is 0. The second kappa shape index (κ2) is 7.47.